The van der Waals surface area contributed by atoms with E-state index in [1.165, 1.54) is 12.8 Å². The summed E-state index contributed by atoms with van der Waals surface area (Å²) in [5, 5.41) is 0. The zero-order chi connectivity index (χ0) is 7.14. The summed E-state index contributed by atoms with van der Waals surface area (Å²) in [7, 11) is 0. The van der Waals surface area contributed by atoms with Gasteiger partial charge in [-0.2, -0.15) is 0 Å². The summed E-state index contributed by atoms with van der Waals surface area (Å²) in [6, 6.07) is 0. The van der Waals surface area contributed by atoms with Crippen molar-refractivity contribution in [1.29, 1.82) is 0 Å². The first kappa shape index (κ1) is 6.16. The molecule has 10 heavy (non-hydrogen) atoms. The van der Waals surface area contributed by atoms with Crippen LogP contribution in [0.25, 0.3) is 0 Å². The van der Waals surface area contributed by atoms with E-state index in [2.05, 4.69) is 5.43 Å². The second kappa shape index (κ2) is 1.95. The highest BCUT2D eigenvalue weighted by atomic mass is 16.2. The van der Waals surface area contributed by atoms with E-state index in [9.17, 15) is 4.79 Å². The normalized spacial score (nSPS) is 42.7. The topological polar surface area (TPSA) is 55.1 Å². The Morgan fingerprint density at radius 1 is 1.40 bits per heavy atom. The number of hydrazine groups is 1. The molecule has 3 aliphatic rings. The lowest BCUT2D eigenvalue weighted by molar-refractivity contribution is -0.125. The molecule has 3 heteroatoms. The molecule has 0 aromatic carbocycles. The number of carbonyl (C=O) groups excluding carboxylic acids is 1. The molecule has 3 saturated carbocycles. The average Bonchev–Trinajstić information content (AvgIpc) is 2.39. The number of nitrogens with one attached hydrogen (secondary N) is 1. The molecule has 56 valence electrons. The Labute approximate surface area is 59.9 Å². The van der Waals surface area contributed by atoms with Gasteiger partial charge < -0.3 is 0 Å². The minimum Gasteiger partial charge on any atom is -0.294 e. The Morgan fingerprint density at radius 3 is 2.50 bits per heavy atom. The van der Waals surface area contributed by atoms with Crippen LogP contribution in [0.3, 0.4) is 0 Å². The van der Waals surface area contributed by atoms with Gasteiger partial charge in [-0.1, -0.05) is 0 Å². The molecule has 3 N–H and O–H groups in total. The van der Waals surface area contributed by atoms with Crippen LogP contribution in [0, 0.1) is 17.8 Å². The van der Waals surface area contributed by atoms with Gasteiger partial charge in [0.05, 0.1) is 0 Å². The first-order valence-corrected chi connectivity index (χ1v) is 3.81. The third-order valence-electron chi connectivity index (χ3n) is 2.91. The lowest BCUT2D eigenvalue weighted by Gasteiger charge is -2.23. The van der Waals surface area contributed by atoms with Gasteiger partial charge in [0.1, 0.15) is 0 Å². The van der Waals surface area contributed by atoms with Crippen LogP contribution in [-0.2, 0) is 4.79 Å². The highest BCUT2D eigenvalue weighted by molar-refractivity contribution is 5.79. The standard InChI is InChI=1S/C7H12N2O/c8-9-7(10)6-3-4-1-5(6)2-4/h4-6H,1-3,8H2,(H,9,10). The van der Waals surface area contributed by atoms with Crippen molar-refractivity contribution >= 4 is 5.91 Å². The molecule has 3 rings (SSSR count). The van der Waals surface area contributed by atoms with Gasteiger partial charge in [-0.05, 0) is 31.1 Å². The Kier molecular flexibility index (Phi) is 1.20. The van der Waals surface area contributed by atoms with Crippen LogP contribution in [0.15, 0.2) is 0 Å². The van der Waals surface area contributed by atoms with Crippen LogP contribution >= 0.6 is 0 Å². The molecular formula is C7H12N2O. The number of hydrogen-bond acceptors (Lipinski definition) is 2. The molecule has 0 saturated heterocycles. The van der Waals surface area contributed by atoms with E-state index >= 15 is 0 Å². The highest BCUT2D eigenvalue weighted by Crippen LogP contribution is 2.52. The van der Waals surface area contributed by atoms with Crippen molar-refractivity contribution in [2.75, 3.05) is 0 Å². The van der Waals surface area contributed by atoms with Crippen LogP contribution < -0.4 is 11.3 Å². The fourth-order valence-corrected chi connectivity index (χ4v) is 2.29. The second-order valence-corrected chi connectivity index (χ2v) is 3.45. The van der Waals surface area contributed by atoms with Crippen molar-refractivity contribution in [1.82, 2.24) is 5.43 Å². The van der Waals surface area contributed by atoms with Gasteiger partial charge in [0.15, 0.2) is 0 Å². The third kappa shape index (κ3) is 0.669. The fourth-order valence-electron chi connectivity index (χ4n) is 2.29. The quantitative estimate of drug-likeness (QED) is 0.306. The Hall–Kier alpha value is -0.570. The second-order valence-electron chi connectivity index (χ2n) is 3.45. The molecule has 1 amide bonds. The maximum Gasteiger partial charge on any atom is 0.237 e. The number of rotatable bonds is 1. The lowest BCUT2D eigenvalue weighted by Crippen LogP contribution is -2.36. The van der Waals surface area contributed by atoms with Gasteiger partial charge >= 0.3 is 0 Å². The molecule has 1 unspecified atom stereocenters. The molecule has 1 atom stereocenters. The molecule has 0 radical (unpaired) electrons. The van der Waals surface area contributed by atoms with Gasteiger partial charge in [0.25, 0.3) is 0 Å². The van der Waals surface area contributed by atoms with Crippen molar-refractivity contribution in [3.8, 4) is 0 Å². The highest BCUT2D eigenvalue weighted by Gasteiger charge is 2.47. The molecule has 0 spiro atoms. The van der Waals surface area contributed by atoms with Crippen molar-refractivity contribution in [3.63, 3.8) is 0 Å². The first-order valence-electron chi connectivity index (χ1n) is 3.81. The fraction of sp³-hybridized carbons (Fsp3) is 0.857. The van der Waals surface area contributed by atoms with Gasteiger partial charge in [-0.15, -0.1) is 0 Å². The average molecular weight is 140 g/mol. The monoisotopic (exact) mass is 140 g/mol. The third-order valence-corrected chi connectivity index (χ3v) is 2.91. The summed E-state index contributed by atoms with van der Waals surface area (Å²) < 4.78 is 0. The number of hydrogen-bond donors (Lipinski definition) is 2. The van der Waals surface area contributed by atoms with Crippen LogP contribution in [0.2, 0.25) is 0 Å². The number of carbonyl (C=O) groups is 1. The van der Waals surface area contributed by atoms with Crippen LogP contribution in [0.4, 0.5) is 0 Å². The Morgan fingerprint density at radius 2 is 2.10 bits per heavy atom. The molecule has 3 nitrogen and oxygen atoms in total. The summed E-state index contributed by atoms with van der Waals surface area (Å²) in [6.07, 6.45) is 3.60. The SMILES string of the molecule is NNC(=O)C1CC2CC1C2. The molecule has 3 aliphatic carbocycles. The molecule has 0 aromatic heterocycles. The van der Waals surface area contributed by atoms with Gasteiger partial charge in [0, 0.05) is 5.92 Å². The van der Waals surface area contributed by atoms with E-state index in [0.29, 0.717) is 5.92 Å². The van der Waals surface area contributed by atoms with E-state index in [0.717, 1.165) is 12.3 Å². The molecular weight excluding hydrogens is 128 g/mol. The van der Waals surface area contributed by atoms with Gasteiger partial charge in [0.2, 0.25) is 5.91 Å². The van der Waals surface area contributed by atoms with Crippen LogP contribution in [0.5, 0.6) is 0 Å². The number of nitrogens with two attached hydrogens (primary N) is 1. The largest absolute Gasteiger partial charge is 0.294 e. The Balaban J connectivity index is 2.00. The van der Waals surface area contributed by atoms with Crippen molar-refractivity contribution in [2.24, 2.45) is 23.6 Å². The number of fused-ring (bicyclic) bond motifs is 1. The molecule has 0 aliphatic heterocycles. The summed E-state index contributed by atoms with van der Waals surface area (Å²) in [4.78, 5) is 11.0. The summed E-state index contributed by atoms with van der Waals surface area (Å²) in [6.45, 7) is 0. The predicted molar refractivity (Wildman–Crippen MR) is 36.7 cm³/mol. The maximum atomic E-state index is 11.0. The summed E-state index contributed by atoms with van der Waals surface area (Å²) in [5.74, 6) is 6.83. The minimum absolute atomic E-state index is 0.0463. The number of amides is 1. The van der Waals surface area contributed by atoms with E-state index < -0.39 is 0 Å². The zero-order valence-corrected chi connectivity index (χ0v) is 5.84. The smallest absolute Gasteiger partial charge is 0.237 e. The maximum absolute atomic E-state index is 11.0. The summed E-state index contributed by atoms with van der Waals surface area (Å²) in [5.41, 5.74) is 2.23. The molecule has 0 aromatic rings. The summed E-state index contributed by atoms with van der Waals surface area (Å²) >= 11 is 0. The van der Waals surface area contributed by atoms with E-state index in [1.807, 2.05) is 0 Å². The molecule has 2 bridgehead atoms. The van der Waals surface area contributed by atoms with Crippen LogP contribution in [0.1, 0.15) is 19.3 Å². The zero-order valence-electron chi connectivity index (χ0n) is 5.84. The van der Waals surface area contributed by atoms with Crippen molar-refractivity contribution < 1.29 is 4.79 Å². The lowest BCUT2D eigenvalue weighted by atomic mass is 9.82. The van der Waals surface area contributed by atoms with Crippen molar-refractivity contribution in [3.05, 3.63) is 0 Å². The predicted octanol–water partition coefficient (Wildman–Crippen LogP) is 0.0224. The van der Waals surface area contributed by atoms with Gasteiger partial charge in [-0.3, -0.25) is 10.2 Å². The van der Waals surface area contributed by atoms with E-state index in [-0.39, 0.29) is 11.8 Å². The molecule has 0 heterocycles. The van der Waals surface area contributed by atoms with E-state index in [1.54, 1.807) is 0 Å². The molecule has 3 fully saturated rings. The Bertz CT molecular complexity index is 163. The van der Waals surface area contributed by atoms with E-state index in [4.69, 9.17) is 5.84 Å². The van der Waals surface area contributed by atoms with Crippen molar-refractivity contribution in [2.45, 2.75) is 19.3 Å². The minimum atomic E-state index is 0.0463. The van der Waals surface area contributed by atoms with Gasteiger partial charge in [-0.25, -0.2) is 5.84 Å². The van der Waals surface area contributed by atoms with Crippen LogP contribution in [-0.4, -0.2) is 5.91 Å². The first-order chi connectivity index (χ1) is 4.81.